The van der Waals surface area contributed by atoms with Crippen LogP contribution in [0, 0.1) is 16.0 Å². The molecule has 0 aliphatic carbocycles. The molecule has 0 bridgehead atoms. The average Bonchev–Trinajstić information content (AvgIpc) is 2.55. The second kappa shape index (κ2) is 7.25. The minimum absolute atomic E-state index is 0.114. The highest BCUT2D eigenvalue weighted by atomic mass is 16.6. The number of nitro benzene ring substituents is 1. The van der Waals surface area contributed by atoms with Gasteiger partial charge in [0.05, 0.1) is 23.6 Å². The highest BCUT2D eigenvalue weighted by Crippen LogP contribution is 2.43. The Bertz CT molecular complexity index is 796. The average molecular weight is 346 g/mol. The Hall–Kier alpha value is -3.03. The van der Waals surface area contributed by atoms with E-state index < -0.39 is 28.7 Å². The molecule has 132 valence electrons. The molecule has 25 heavy (non-hydrogen) atoms. The van der Waals surface area contributed by atoms with Crippen LogP contribution in [0.15, 0.2) is 40.7 Å². The van der Waals surface area contributed by atoms with Crippen LogP contribution in [0.5, 0.6) is 0 Å². The van der Waals surface area contributed by atoms with E-state index in [9.17, 15) is 19.7 Å². The van der Waals surface area contributed by atoms with E-state index in [1.807, 2.05) is 0 Å². The Morgan fingerprint density at radius 3 is 2.44 bits per heavy atom. The lowest BCUT2D eigenvalue weighted by molar-refractivity contribution is -0.385. The lowest BCUT2D eigenvalue weighted by Gasteiger charge is -2.30. The lowest BCUT2D eigenvalue weighted by atomic mass is 9.78. The SMILES string of the molecule is COC(=O)C1C(C)=NC(C)=C(OC(C)=O)C1c1ccccc1[N+](=O)[O-]. The number of allylic oxidation sites excluding steroid dienone is 2. The van der Waals surface area contributed by atoms with Gasteiger partial charge in [-0.1, -0.05) is 18.2 Å². The standard InChI is InChI=1S/C17H18N2O6/c1-9-14(17(21)24-4)15(16(10(2)18-9)25-11(3)20)12-7-5-6-8-13(12)19(22)23/h5-8,14-15H,1-4H3. The largest absolute Gasteiger partial charge is 0.468 e. The van der Waals surface area contributed by atoms with Gasteiger partial charge in [-0.3, -0.25) is 24.7 Å². The third kappa shape index (κ3) is 3.57. The molecule has 1 aromatic rings. The predicted molar refractivity (Wildman–Crippen MR) is 88.9 cm³/mol. The third-order valence-corrected chi connectivity index (χ3v) is 3.94. The quantitative estimate of drug-likeness (QED) is 0.471. The number of nitro groups is 1. The summed E-state index contributed by atoms with van der Waals surface area (Å²) in [4.78, 5) is 39.0. The number of nitrogens with zero attached hydrogens (tertiary/aromatic N) is 2. The number of hydrogen-bond acceptors (Lipinski definition) is 7. The molecule has 8 nitrogen and oxygen atoms in total. The van der Waals surface area contributed by atoms with Crippen molar-refractivity contribution in [2.24, 2.45) is 10.9 Å². The van der Waals surface area contributed by atoms with E-state index in [1.54, 1.807) is 19.9 Å². The number of aliphatic imine (C=N–C) groups is 1. The molecular formula is C17H18N2O6. The van der Waals surface area contributed by atoms with Gasteiger partial charge < -0.3 is 9.47 Å². The second-order valence-electron chi connectivity index (χ2n) is 5.59. The van der Waals surface area contributed by atoms with Gasteiger partial charge in [-0.25, -0.2) is 0 Å². The number of methoxy groups -OCH3 is 1. The Labute approximate surface area is 144 Å². The van der Waals surface area contributed by atoms with Crippen molar-refractivity contribution < 1.29 is 24.0 Å². The zero-order chi connectivity index (χ0) is 18.7. The smallest absolute Gasteiger partial charge is 0.315 e. The summed E-state index contributed by atoms with van der Waals surface area (Å²) in [6.07, 6.45) is 0. The van der Waals surface area contributed by atoms with Gasteiger partial charge in [0.1, 0.15) is 11.7 Å². The molecule has 0 N–H and O–H groups in total. The summed E-state index contributed by atoms with van der Waals surface area (Å²) in [6.45, 7) is 4.48. The first-order valence-electron chi connectivity index (χ1n) is 7.53. The fourth-order valence-electron chi connectivity index (χ4n) is 2.97. The van der Waals surface area contributed by atoms with Crippen molar-refractivity contribution >= 4 is 23.3 Å². The van der Waals surface area contributed by atoms with Gasteiger partial charge in [0.25, 0.3) is 5.69 Å². The number of hydrogen-bond donors (Lipinski definition) is 0. The molecule has 0 aromatic heterocycles. The van der Waals surface area contributed by atoms with Crippen LogP contribution in [0.25, 0.3) is 0 Å². The van der Waals surface area contributed by atoms with Gasteiger partial charge in [0.15, 0.2) is 0 Å². The van der Waals surface area contributed by atoms with Gasteiger partial charge in [-0.2, -0.15) is 0 Å². The van der Waals surface area contributed by atoms with Crippen molar-refractivity contribution in [1.29, 1.82) is 0 Å². The first-order valence-corrected chi connectivity index (χ1v) is 7.53. The molecule has 0 saturated carbocycles. The molecule has 1 aliphatic heterocycles. The van der Waals surface area contributed by atoms with Crippen molar-refractivity contribution in [3.05, 3.63) is 51.4 Å². The van der Waals surface area contributed by atoms with Crippen LogP contribution in [-0.4, -0.2) is 29.7 Å². The monoisotopic (exact) mass is 346 g/mol. The Kier molecular flexibility index (Phi) is 5.31. The lowest BCUT2D eigenvalue weighted by Crippen LogP contribution is -2.35. The number of benzene rings is 1. The van der Waals surface area contributed by atoms with E-state index in [2.05, 4.69) is 4.99 Å². The van der Waals surface area contributed by atoms with E-state index in [1.165, 1.54) is 32.2 Å². The fraction of sp³-hybridized carbons (Fsp3) is 0.353. The Morgan fingerprint density at radius 2 is 1.88 bits per heavy atom. The van der Waals surface area contributed by atoms with Crippen LogP contribution in [0.1, 0.15) is 32.3 Å². The maximum Gasteiger partial charge on any atom is 0.315 e. The number of carbonyl (C=O) groups is 2. The molecule has 1 aliphatic rings. The molecule has 0 radical (unpaired) electrons. The Morgan fingerprint density at radius 1 is 1.24 bits per heavy atom. The fourth-order valence-corrected chi connectivity index (χ4v) is 2.97. The zero-order valence-corrected chi connectivity index (χ0v) is 14.3. The van der Waals surface area contributed by atoms with Gasteiger partial charge in [-0.05, 0) is 13.8 Å². The van der Waals surface area contributed by atoms with Crippen LogP contribution in [0.3, 0.4) is 0 Å². The van der Waals surface area contributed by atoms with Crippen LogP contribution < -0.4 is 0 Å². The molecule has 1 aromatic carbocycles. The number of esters is 2. The first kappa shape index (κ1) is 18.3. The van der Waals surface area contributed by atoms with Crippen molar-refractivity contribution in [3.63, 3.8) is 0 Å². The topological polar surface area (TPSA) is 108 Å². The highest BCUT2D eigenvalue weighted by Gasteiger charge is 2.43. The van der Waals surface area contributed by atoms with E-state index in [0.717, 1.165) is 0 Å². The van der Waals surface area contributed by atoms with E-state index in [0.29, 0.717) is 11.4 Å². The maximum absolute atomic E-state index is 12.3. The molecule has 0 spiro atoms. The summed E-state index contributed by atoms with van der Waals surface area (Å²) in [5.74, 6) is -2.90. The summed E-state index contributed by atoms with van der Waals surface area (Å²) in [5, 5.41) is 11.4. The van der Waals surface area contributed by atoms with Crippen molar-refractivity contribution in [1.82, 2.24) is 0 Å². The second-order valence-corrected chi connectivity index (χ2v) is 5.59. The molecular weight excluding hydrogens is 328 g/mol. The van der Waals surface area contributed by atoms with Crippen molar-refractivity contribution in [2.75, 3.05) is 7.11 Å². The third-order valence-electron chi connectivity index (χ3n) is 3.94. The minimum Gasteiger partial charge on any atom is -0.468 e. The number of ether oxygens (including phenoxy) is 2. The van der Waals surface area contributed by atoms with Crippen LogP contribution >= 0.6 is 0 Å². The number of rotatable bonds is 4. The highest BCUT2D eigenvalue weighted by molar-refractivity contribution is 6.03. The van der Waals surface area contributed by atoms with Crippen molar-refractivity contribution in [3.8, 4) is 0 Å². The molecule has 2 atom stereocenters. The van der Waals surface area contributed by atoms with E-state index >= 15 is 0 Å². The van der Waals surface area contributed by atoms with Crippen LogP contribution in [0.4, 0.5) is 5.69 Å². The summed E-state index contributed by atoms with van der Waals surface area (Å²) in [6, 6.07) is 6.03. The summed E-state index contributed by atoms with van der Waals surface area (Å²) >= 11 is 0. The van der Waals surface area contributed by atoms with Crippen LogP contribution in [0.2, 0.25) is 0 Å². The van der Waals surface area contributed by atoms with Gasteiger partial charge >= 0.3 is 11.9 Å². The number of para-hydroxylation sites is 1. The molecule has 1 heterocycles. The van der Waals surface area contributed by atoms with Gasteiger partial charge in [0, 0.05) is 24.3 Å². The van der Waals surface area contributed by atoms with Gasteiger partial charge in [0.2, 0.25) is 0 Å². The van der Waals surface area contributed by atoms with Crippen molar-refractivity contribution in [2.45, 2.75) is 26.7 Å². The molecule has 2 unspecified atom stereocenters. The zero-order valence-electron chi connectivity index (χ0n) is 14.3. The normalized spacial score (nSPS) is 19.9. The molecule has 0 amide bonds. The molecule has 0 saturated heterocycles. The summed E-state index contributed by atoms with van der Waals surface area (Å²) in [5.41, 5.74) is 0.903. The Balaban J connectivity index is 2.73. The van der Waals surface area contributed by atoms with Crippen LogP contribution in [-0.2, 0) is 19.1 Å². The first-order chi connectivity index (χ1) is 11.8. The van der Waals surface area contributed by atoms with Gasteiger partial charge in [-0.15, -0.1) is 0 Å². The molecule has 8 heteroatoms. The van der Waals surface area contributed by atoms with E-state index in [-0.39, 0.29) is 17.0 Å². The number of carbonyl (C=O) groups excluding carboxylic acids is 2. The maximum atomic E-state index is 12.3. The summed E-state index contributed by atoms with van der Waals surface area (Å²) in [7, 11) is 1.22. The minimum atomic E-state index is -0.927. The predicted octanol–water partition coefficient (Wildman–Crippen LogP) is 2.74. The molecule has 2 rings (SSSR count). The van der Waals surface area contributed by atoms with E-state index in [4.69, 9.17) is 9.47 Å². The summed E-state index contributed by atoms with van der Waals surface area (Å²) < 4.78 is 10.1. The molecule has 0 fully saturated rings.